The van der Waals surface area contributed by atoms with Crippen molar-refractivity contribution in [2.75, 3.05) is 13.1 Å². The van der Waals surface area contributed by atoms with Gasteiger partial charge in [0.15, 0.2) is 0 Å². The summed E-state index contributed by atoms with van der Waals surface area (Å²) in [5.41, 5.74) is -0.793. The molecule has 0 radical (unpaired) electrons. The number of amides is 1. The number of aliphatic hydroxyl groups is 1. The van der Waals surface area contributed by atoms with E-state index in [1.54, 1.807) is 19.9 Å². The number of nitrogens with zero attached hydrogens (tertiary/aromatic N) is 1. The van der Waals surface area contributed by atoms with Crippen LogP contribution in [-0.4, -0.2) is 39.7 Å². The second-order valence-corrected chi connectivity index (χ2v) is 5.23. The van der Waals surface area contributed by atoms with E-state index in [1.807, 2.05) is 6.92 Å². The Hall–Kier alpha value is -1.26. The van der Waals surface area contributed by atoms with E-state index in [9.17, 15) is 15.0 Å². The molecule has 0 heterocycles. The SMILES string of the molecule is CCN(CC(C)(C)O)C(=O)c1ccc(Cl)cc1O. The number of phenols is 1. The van der Waals surface area contributed by atoms with E-state index in [0.29, 0.717) is 11.6 Å². The van der Waals surface area contributed by atoms with E-state index in [0.717, 1.165) is 0 Å². The Bertz CT molecular complexity index is 440. The summed E-state index contributed by atoms with van der Waals surface area (Å²) in [4.78, 5) is 13.7. The van der Waals surface area contributed by atoms with Gasteiger partial charge in [0.25, 0.3) is 5.91 Å². The molecule has 0 saturated carbocycles. The van der Waals surface area contributed by atoms with E-state index >= 15 is 0 Å². The predicted octanol–water partition coefficient (Wildman–Crippen LogP) is 2.28. The number of phenolic OH excluding ortho intramolecular Hbond substituents is 1. The van der Waals surface area contributed by atoms with Crippen molar-refractivity contribution in [1.82, 2.24) is 4.90 Å². The van der Waals surface area contributed by atoms with Crippen LogP contribution in [0, 0.1) is 0 Å². The van der Waals surface area contributed by atoms with Crippen molar-refractivity contribution in [2.24, 2.45) is 0 Å². The molecule has 4 nitrogen and oxygen atoms in total. The van der Waals surface area contributed by atoms with Crippen molar-refractivity contribution in [3.63, 3.8) is 0 Å². The number of halogens is 1. The lowest BCUT2D eigenvalue weighted by molar-refractivity contribution is 0.0313. The lowest BCUT2D eigenvalue weighted by Gasteiger charge is -2.28. The van der Waals surface area contributed by atoms with Gasteiger partial charge in [-0.2, -0.15) is 0 Å². The van der Waals surface area contributed by atoms with Crippen LogP contribution in [0.2, 0.25) is 5.02 Å². The molecular weight excluding hydrogens is 254 g/mol. The number of rotatable bonds is 4. The van der Waals surface area contributed by atoms with Crippen LogP contribution in [0.3, 0.4) is 0 Å². The summed E-state index contributed by atoms with van der Waals surface area (Å²) < 4.78 is 0. The number of carbonyl (C=O) groups is 1. The smallest absolute Gasteiger partial charge is 0.257 e. The minimum atomic E-state index is -0.978. The number of hydrogen-bond acceptors (Lipinski definition) is 3. The lowest BCUT2D eigenvalue weighted by Crippen LogP contribution is -2.42. The third kappa shape index (κ3) is 3.89. The molecule has 0 aliphatic carbocycles. The number of benzene rings is 1. The fourth-order valence-electron chi connectivity index (χ4n) is 1.65. The molecule has 1 amide bonds. The zero-order valence-electron chi connectivity index (χ0n) is 10.8. The average Bonchev–Trinajstić information content (AvgIpc) is 2.24. The second kappa shape index (κ2) is 5.59. The minimum absolute atomic E-state index is 0.151. The first-order chi connectivity index (χ1) is 8.24. The molecule has 0 fully saturated rings. The van der Waals surface area contributed by atoms with Gasteiger partial charge in [-0.05, 0) is 39.0 Å². The van der Waals surface area contributed by atoms with Crippen LogP contribution in [-0.2, 0) is 0 Å². The third-order valence-corrected chi connectivity index (χ3v) is 2.67. The maximum Gasteiger partial charge on any atom is 0.257 e. The summed E-state index contributed by atoms with van der Waals surface area (Å²) >= 11 is 5.72. The summed E-state index contributed by atoms with van der Waals surface area (Å²) in [7, 11) is 0. The van der Waals surface area contributed by atoms with Gasteiger partial charge in [-0.3, -0.25) is 4.79 Å². The van der Waals surface area contributed by atoms with Crippen molar-refractivity contribution in [1.29, 1.82) is 0 Å². The fraction of sp³-hybridized carbons (Fsp3) is 0.462. The van der Waals surface area contributed by atoms with Gasteiger partial charge in [-0.25, -0.2) is 0 Å². The first kappa shape index (κ1) is 14.8. The zero-order chi connectivity index (χ0) is 13.9. The second-order valence-electron chi connectivity index (χ2n) is 4.79. The van der Waals surface area contributed by atoms with E-state index in [-0.39, 0.29) is 23.8 Å². The van der Waals surface area contributed by atoms with Crippen molar-refractivity contribution in [3.8, 4) is 5.75 Å². The van der Waals surface area contributed by atoms with Crippen LogP contribution in [0.1, 0.15) is 31.1 Å². The van der Waals surface area contributed by atoms with Gasteiger partial charge in [0, 0.05) is 18.1 Å². The first-order valence-corrected chi connectivity index (χ1v) is 6.12. The summed E-state index contributed by atoms with van der Waals surface area (Å²) in [6, 6.07) is 4.35. The molecule has 18 heavy (non-hydrogen) atoms. The van der Waals surface area contributed by atoms with Gasteiger partial charge in [0.1, 0.15) is 5.75 Å². The van der Waals surface area contributed by atoms with E-state index < -0.39 is 5.60 Å². The highest BCUT2D eigenvalue weighted by Crippen LogP contribution is 2.23. The van der Waals surface area contributed by atoms with Crippen molar-refractivity contribution >= 4 is 17.5 Å². The molecule has 2 N–H and O–H groups in total. The molecule has 0 aliphatic rings. The Morgan fingerprint density at radius 3 is 2.50 bits per heavy atom. The number of aromatic hydroxyl groups is 1. The number of hydrogen-bond donors (Lipinski definition) is 2. The highest BCUT2D eigenvalue weighted by atomic mass is 35.5. The Morgan fingerprint density at radius 1 is 1.44 bits per heavy atom. The summed E-state index contributed by atoms with van der Waals surface area (Å²) in [6.45, 7) is 5.72. The van der Waals surface area contributed by atoms with Gasteiger partial charge < -0.3 is 15.1 Å². The van der Waals surface area contributed by atoms with Crippen molar-refractivity contribution in [3.05, 3.63) is 28.8 Å². The van der Waals surface area contributed by atoms with E-state index in [4.69, 9.17) is 11.6 Å². The number of carbonyl (C=O) groups excluding carboxylic acids is 1. The maximum absolute atomic E-state index is 12.2. The fourth-order valence-corrected chi connectivity index (χ4v) is 1.82. The molecular formula is C13H18ClNO3. The Balaban J connectivity index is 2.97. The van der Waals surface area contributed by atoms with Gasteiger partial charge >= 0.3 is 0 Å². The molecule has 0 unspecified atom stereocenters. The molecule has 1 rings (SSSR count). The van der Waals surface area contributed by atoms with Crippen LogP contribution in [0.25, 0.3) is 0 Å². The molecule has 5 heteroatoms. The van der Waals surface area contributed by atoms with Crippen molar-refractivity contribution < 1.29 is 15.0 Å². The van der Waals surface area contributed by atoms with Crippen LogP contribution in [0.5, 0.6) is 5.75 Å². The topological polar surface area (TPSA) is 60.8 Å². The largest absolute Gasteiger partial charge is 0.507 e. The molecule has 1 aromatic rings. The Labute approximate surface area is 112 Å². The lowest BCUT2D eigenvalue weighted by atomic mass is 10.1. The molecule has 0 spiro atoms. The Kier molecular flexibility index (Phi) is 4.59. The summed E-state index contributed by atoms with van der Waals surface area (Å²) in [6.07, 6.45) is 0. The average molecular weight is 272 g/mol. The first-order valence-electron chi connectivity index (χ1n) is 5.75. The highest BCUT2D eigenvalue weighted by molar-refractivity contribution is 6.30. The summed E-state index contributed by atoms with van der Waals surface area (Å²) in [5.74, 6) is -0.476. The van der Waals surface area contributed by atoms with Crippen molar-refractivity contribution in [2.45, 2.75) is 26.4 Å². The van der Waals surface area contributed by atoms with Crippen LogP contribution < -0.4 is 0 Å². The quantitative estimate of drug-likeness (QED) is 0.883. The van der Waals surface area contributed by atoms with E-state index in [2.05, 4.69) is 0 Å². The predicted molar refractivity (Wildman–Crippen MR) is 71.0 cm³/mol. The minimum Gasteiger partial charge on any atom is -0.507 e. The molecule has 0 bridgehead atoms. The number of likely N-dealkylation sites (N-methyl/N-ethyl adjacent to an activating group) is 1. The van der Waals surface area contributed by atoms with Gasteiger partial charge in [0.2, 0.25) is 0 Å². The normalized spacial score (nSPS) is 11.4. The summed E-state index contributed by atoms with van der Waals surface area (Å²) in [5, 5.41) is 19.8. The van der Waals surface area contributed by atoms with Crippen LogP contribution >= 0.6 is 11.6 Å². The van der Waals surface area contributed by atoms with Gasteiger partial charge in [-0.15, -0.1) is 0 Å². The third-order valence-electron chi connectivity index (χ3n) is 2.44. The Morgan fingerprint density at radius 2 is 2.06 bits per heavy atom. The molecule has 0 saturated heterocycles. The highest BCUT2D eigenvalue weighted by Gasteiger charge is 2.23. The van der Waals surface area contributed by atoms with Gasteiger partial charge in [0.05, 0.1) is 11.2 Å². The standard InChI is InChI=1S/C13H18ClNO3/c1-4-15(8-13(2,3)18)12(17)10-6-5-9(14)7-11(10)16/h5-7,16,18H,4,8H2,1-3H3. The maximum atomic E-state index is 12.2. The van der Waals surface area contributed by atoms with E-state index in [1.165, 1.54) is 17.0 Å². The zero-order valence-corrected chi connectivity index (χ0v) is 11.5. The molecule has 0 aliphatic heterocycles. The molecule has 1 aromatic carbocycles. The molecule has 100 valence electrons. The van der Waals surface area contributed by atoms with Crippen LogP contribution in [0.15, 0.2) is 18.2 Å². The van der Waals surface area contributed by atoms with Gasteiger partial charge in [-0.1, -0.05) is 11.6 Å². The molecule has 0 aromatic heterocycles. The monoisotopic (exact) mass is 271 g/mol. The molecule has 0 atom stereocenters. The van der Waals surface area contributed by atoms with Crippen LogP contribution in [0.4, 0.5) is 0 Å².